The first kappa shape index (κ1) is 9.69. The van der Waals surface area contributed by atoms with Crippen LogP contribution in [-0.4, -0.2) is 4.98 Å². The summed E-state index contributed by atoms with van der Waals surface area (Å²) in [6.07, 6.45) is 1.82. The fourth-order valence-corrected chi connectivity index (χ4v) is 1.89. The number of hydrogen-bond donors (Lipinski definition) is 1. The highest BCUT2D eigenvalue weighted by Crippen LogP contribution is 2.22. The van der Waals surface area contributed by atoms with Gasteiger partial charge < -0.3 is 5.32 Å². The first-order valence-electron chi connectivity index (χ1n) is 4.47. The van der Waals surface area contributed by atoms with E-state index in [2.05, 4.69) is 16.4 Å². The lowest BCUT2D eigenvalue weighted by Gasteiger charge is -2.01. The lowest BCUT2D eigenvalue weighted by atomic mass is 10.2. The van der Waals surface area contributed by atoms with Gasteiger partial charge >= 0.3 is 0 Å². The molecule has 0 aliphatic carbocycles. The van der Waals surface area contributed by atoms with Gasteiger partial charge in [-0.3, -0.25) is 0 Å². The Balaban J connectivity index is 2.21. The van der Waals surface area contributed by atoms with Crippen molar-refractivity contribution in [2.45, 2.75) is 6.92 Å². The largest absolute Gasteiger partial charge is 0.332 e. The first-order valence-corrected chi connectivity index (χ1v) is 5.29. The number of anilines is 2. The van der Waals surface area contributed by atoms with Crippen molar-refractivity contribution < 1.29 is 0 Å². The van der Waals surface area contributed by atoms with Crippen molar-refractivity contribution in [3.63, 3.8) is 0 Å². The Morgan fingerprint density at radius 1 is 1.47 bits per heavy atom. The van der Waals surface area contributed by atoms with Crippen LogP contribution in [0.4, 0.5) is 10.8 Å². The molecule has 0 saturated heterocycles. The zero-order valence-corrected chi connectivity index (χ0v) is 9.01. The van der Waals surface area contributed by atoms with Crippen molar-refractivity contribution in [2.75, 3.05) is 5.32 Å². The molecule has 1 aromatic carbocycles. The van der Waals surface area contributed by atoms with E-state index in [1.807, 2.05) is 25.3 Å². The van der Waals surface area contributed by atoms with E-state index in [0.29, 0.717) is 5.56 Å². The summed E-state index contributed by atoms with van der Waals surface area (Å²) in [5, 5.41) is 12.7. The van der Waals surface area contributed by atoms with Gasteiger partial charge in [0.05, 0.1) is 11.6 Å². The second-order valence-electron chi connectivity index (χ2n) is 3.09. The molecule has 0 unspecified atom stereocenters. The molecule has 0 aliphatic rings. The molecule has 74 valence electrons. The Morgan fingerprint density at radius 2 is 2.33 bits per heavy atom. The third-order valence-corrected chi connectivity index (χ3v) is 2.69. The summed E-state index contributed by atoms with van der Waals surface area (Å²) in [4.78, 5) is 5.35. The second kappa shape index (κ2) is 4.11. The smallest absolute Gasteiger partial charge is 0.187 e. The van der Waals surface area contributed by atoms with Gasteiger partial charge in [-0.25, -0.2) is 4.98 Å². The maximum Gasteiger partial charge on any atom is 0.187 e. The molecule has 2 aromatic rings. The summed E-state index contributed by atoms with van der Waals surface area (Å²) in [5.41, 5.74) is 1.54. The highest BCUT2D eigenvalue weighted by molar-refractivity contribution is 7.15. The number of thiazole rings is 1. The van der Waals surface area contributed by atoms with E-state index in [4.69, 9.17) is 5.26 Å². The Bertz CT molecular complexity index is 511. The minimum Gasteiger partial charge on any atom is -0.332 e. The summed E-state index contributed by atoms with van der Waals surface area (Å²) in [5.74, 6) is 0. The second-order valence-corrected chi connectivity index (χ2v) is 4.33. The van der Waals surface area contributed by atoms with Gasteiger partial charge in [0.2, 0.25) is 0 Å². The summed E-state index contributed by atoms with van der Waals surface area (Å²) in [6.45, 7) is 2.01. The fraction of sp³-hybridized carbons (Fsp3) is 0.0909. The molecule has 0 fully saturated rings. The van der Waals surface area contributed by atoms with Crippen LogP contribution in [0.15, 0.2) is 30.5 Å². The van der Waals surface area contributed by atoms with Gasteiger partial charge in [-0.2, -0.15) is 5.26 Å². The van der Waals surface area contributed by atoms with Crippen LogP contribution in [0, 0.1) is 18.3 Å². The molecule has 1 N–H and O–H groups in total. The third-order valence-electron chi connectivity index (χ3n) is 1.86. The quantitative estimate of drug-likeness (QED) is 0.837. The average Bonchev–Trinajstić information content (AvgIpc) is 2.64. The van der Waals surface area contributed by atoms with Crippen LogP contribution in [-0.2, 0) is 0 Å². The molecule has 0 spiro atoms. The molecule has 0 radical (unpaired) electrons. The molecule has 1 heterocycles. The Morgan fingerprint density at radius 3 is 3.00 bits per heavy atom. The molecule has 15 heavy (non-hydrogen) atoms. The van der Waals surface area contributed by atoms with Gasteiger partial charge in [-0.1, -0.05) is 6.07 Å². The number of aryl methyl sites for hydroxylation is 1. The van der Waals surface area contributed by atoms with Crippen molar-refractivity contribution in [3.8, 4) is 6.07 Å². The fourth-order valence-electron chi connectivity index (χ4n) is 1.20. The van der Waals surface area contributed by atoms with Crippen molar-refractivity contribution in [1.82, 2.24) is 4.98 Å². The zero-order chi connectivity index (χ0) is 10.7. The number of nitriles is 1. The van der Waals surface area contributed by atoms with Crippen LogP contribution in [0.1, 0.15) is 10.4 Å². The molecule has 4 heteroatoms. The first-order chi connectivity index (χ1) is 7.28. The molecule has 0 atom stereocenters. The van der Waals surface area contributed by atoms with E-state index in [1.165, 1.54) is 0 Å². The molecule has 3 nitrogen and oxygen atoms in total. The van der Waals surface area contributed by atoms with Crippen LogP contribution in [0.2, 0.25) is 0 Å². The molecule has 0 aliphatic heterocycles. The van der Waals surface area contributed by atoms with Crippen LogP contribution in [0.25, 0.3) is 0 Å². The number of hydrogen-bond acceptors (Lipinski definition) is 4. The normalized spacial score (nSPS) is 9.60. The van der Waals surface area contributed by atoms with E-state index < -0.39 is 0 Å². The Hall–Kier alpha value is -1.86. The maximum absolute atomic E-state index is 8.74. The Labute approximate surface area is 92.0 Å². The van der Waals surface area contributed by atoms with Crippen molar-refractivity contribution in [2.24, 2.45) is 0 Å². The number of nitrogens with one attached hydrogen (secondary N) is 1. The minimum atomic E-state index is 0.647. The molecule has 0 amide bonds. The standard InChI is InChI=1S/C11H9N3S/c1-8-7-13-11(15-8)14-10-4-2-3-9(5-10)6-12/h2-5,7H,1H3,(H,13,14). The van der Waals surface area contributed by atoms with Crippen molar-refractivity contribution in [1.29, 1.82) is 5.26 Å². The van der Waals surface area contributed by atoms with E-state index in [9.17, 15) is 0 Å². The average molecular weight is 215 g/mol. The molecular formula is C11H9N3S. The van der Waals surface area contributed by atoms with Gasteiger partial charge in [0, 0.05) is 16.8 Å². The molecule has 0 saturated carbocycles. The molecule has 0 bridgehead atoms. The summed E-state index contributed by atoms with van der Waals surface area (Å²) in [6, 6.07) is 9.44. The van der Waals surface area contributed by atoms with Gasteiger partial charge in [-0.05, 0) is 25.1 Å². The minimum absolute atomic E-state index is 0.647. The molecular weight excluding hydrogens is 206 g/mol. The van der Waals surface area contributed by atoms with Gasteiger partial charge in [0.15, 0.2) is 5.13 Å². The highest BCUT2D eigenvalue weighted by atomic mass is 32.1. The van der Waals surface area contributed by atoms with Gasteiger partial charge in [0.1, 0.15) is 0 Å². The van der Waals surface area contributed by atoms with Gasteiger partial charge in [0.25, 0.3) is 0 Å². The predicted molar refractivity (Wildman–Crippen MR) is 61.3 cm³/mol. The Kier molecular flexibility index (Phi) is 2.66. The summed E-state index contributed by atoms with van der Waals surface area (Å²) >= 11 is 1.59. The van der Waals surface area contributed by atoms with Crippen LogP contribution >= 0.6 is 11.3 Å². The third kappa shape index (κ3) is 2.33. The molecule has 2 rings (SSSR count). The highest BCUT2D eigenvalue weighted by Gasteiger charge is 1.99. The maximum atomic E-state index is 8.74. The topological polar surface area (TPSA) is 48.7 Å². The number of aromatic nitrogens is 1. The number of rotatable bonds is 2. The van der Waals surface area contributed by atoms with Gasteiger partial charge in [-0.15, -0.1) is 11.3 Å². The van der Waals surface area contributed by atoms with E-state index in [1.54, 1.807) is 23.5 Å². The lowest BCUT2D eigenvalue weighted by molar-refractivity contribution is 1.36. The summed E-state index contributed by atoms with van der Waals surface area (Å²) < 4.78 is 0. The van der Waals surface area contributed by atoms with E-state index in [-0.39, 0.29) is 0 Å². The summed E-state index contributed by atoms with van der Waals surface area (Å²) in [7, 11) is 0. The number of benzene rings is 1. The monoisotopic (exact) mass is 215 g/mol. The van der Waals surface area contributed by atoms with E-state index >= 15 is 0 Å². The van der Waals surface area contributed by atoms with E-state index in [0.717, 1.165) is 15.7 Å². The lowest BCUT2D eigenvalue weighted by Crippen LogP contribution is -1.89. The van der Waals surface area contributed by atoms with Crippen LogP contribution < -0.4 is 5.32 Å². The molecule has 1 aromatic heterocycles. The van der Waals surface area contributed by atoms with Crippen molar-refractivity contribution >= 4 is 22.2 Å². The predicted octanol–water partition coefficient (Wildman–Crippen LogP) is 3.07. The van der Waals surface area contributed by atoms with Crippen LogP contribution in [0.5, 0.6) is 0 Å². The van der Waals surface area contributed by atoms with Crippen molar-refractivity contribution in [3.05, 3.63) is 40.9 Å². The SMILES string of the molecule is Cc1cnc(Nc2cccc(C#N)c2)s1. The van der Waals surface area contributed by atoms with Crippen LogP contribution in [0.3, 0.4) is 0 Å². The number of nitrogens with zero attached hydrogens (tertiary/aromatic N) is 2. The zero-order valence-electron chi connectivity index (χ0n) is 8.19.